The van der Waals surface area contributed by atoms with Gasteiger partial charge in [0.2, 0.25) is 0 Å². The van der Waals surface area contributed by atoms with E-state index >= 15 is 0 Å². The molecule has 0 bridgehead atoms. The average molecular weight is 486 g/mol. The van der Waals surface area contributed by atoms with Crippen LogP contribution in [0.25, 0.3) is 38.2 Å². The van der Waals surface area contributed by atoms with Crippen LogP contribution in [0.4, 0.5) is 8.78 Å². The van der Waals surface area contributed by atoms with E-state index in [4.69, 9.17) is 8.85 Å². The molecular formula is C24H20F2N4O3S. The topological polar surface area (TPSA) is 71.2 Å². The van der Waals surface area contributed by atoms with Gasteiger partial charge in [0, 0.05) is 16.7 Å². The molecule has 0 N–H and O–H groups in total. The summed E-state index contributed by atoms with van der Waals surface area (Å²) in [5, 5.41) is 0.385. The van der Waals surface area contributed by atoms with Gasteiger partial charge in [-0.2, -0.15) is 13.8 Å². The van der Waals surface area contributed by atoms with Crippen molar-refractivity contribution in [3.8, 4) is 27.8 Å². The molecule has 5 aromatic rings. The van der Waals surface area contributed by atoms with Gasteiger partial charge in [-0.3, -0.25) is 9.36 Å². The molecule has 174 valence electrons. The molecule has 0 saturated heterocycles. The van der Waals surface area contributed by atoms with Crippen molar-refractivity contribution in [3.05, 3.63) is 65.2 Å². The van der Waals surface area contributed by atoms with E-state index in [2.05, 4.69) is 14.7 Å². The Hall–Kier alpha value is -3.79. The fraction of sp³-hybridized carbons (Fsp3) is 0.208. The van der Waals surface area contributed by atoms with Crippen LogP contribution in [0.15, 0.2) is 59.7 Å². The van der Waals surface area contributed by atoms with Crippen molar-refractivity contribution in [2.75, 3.05) is 6.61 Å². The molecule has 5 rings (SSSR count). The number of hydrogen-bond acceptors (Lipinski definition) is 6. The maximum atomic E-state index is 13.8. The van der Waals surface area contributed by atoms with E-state index in [1.807, 2.05) is 6.92 Å². The molecule has 7 nitrogen and oxygen atoms in total. The molecule has 2 aromatic carbocycles. The summed E-state index contributed by atoms with van der Waals surface area (Å²) in [6.07, 6.45) is 2.02. The summed E-state index contributed by atoms with van der Waals surface area (Å²) in [5.41, 5.74) is 1.92. The van der Waals surface area contributed by atoms with Crippen LogP contribution < -0.4 is 15.0 Å². The number of alkyl halides is 2. The van der Waals surface area contributed by atoms with Crippen molar-refractivity contribution in [1.29, 1.82) is 0 Å². The number of rotatable bonds is 7. The third-order valence-corrected chi connectivity index (χ3v) is 6.05. The molecule has 0 atom stereocenters. The lowest BCUT2D eigenvalue weighted by molar-refractivity contribution is -0.0498. The number of imidazole rings is 1. The van der Waals surface area contributed by atoms with Crippen LogP contribution in [0.5, 0.6) is 10.9 Å². The van der Waals surface area contributed by atoms with Gasteiger partial charge in [0.1, 0.15) is 5.75 Å². The van der Waals surface area contributed by atoms with Gasteiger partial charge in [0.15, 0.2) is 5.65 Å². The number of aryl methyl sites for hydroxylation is 1. The number of nitrogens with zero attached hydrogens (tertiary/aromatic N) is 4. The molecule has 3 aromatic heterocycles. The molecule has 0 radical (unpaired) electrons. The quantitative estimate of drug-likeness (QED) is 0.309. The number of pyridine rings is 1. The summed E-state index contributed by atoms with van der Waals surface area (Å²) in [7, 11) is 0. The highest BCUT2D eigenvalue weighted by molar-refractivity contribution is 7.20. The van der Waals surface area contributed by atoms with Crippen molar-refractivity contribution in [2.24, 2.45) is 6.98 Å². The predicted molar refractivity (Wildman–Crippen MR) is 127 cm³/mol. The fourth-order valence-electron chi connectivity index (χ4n) is 3.62. The van der Waals surface area contributed by atoms with Crippen molar-refractivity contribution < 1.29 is 22.4 Å². The summed E-state index contributed by atoms with van der Waals surface area (Å²) in [6.45, 7) is -3.00. The summed E-state index contributed by atoms with van der Waals surface area (Å²) in [6, 6.07) is 12.3. The van der Waals surface area contributed by atoms with Crippen LogP contribution in [0.1, 0.15) is 17.5 Å². The van der Waals surface area contributed by atoms with Crippen molar-refractivity contribution in [2.45, 2.75) is 20.0 Å². The second-order valence-electron chi connectivity index (χ2n) is 7.41. The van der Waals surface area contributed by atoms with Crippen LogP contribution in [0.3, 0.4) is 0 Å². The van der Waals surface area contributed by atoms with E-state index < -0.39 is 19.1 Å². The number of fused-ring (bicyclic) bond motifs is 2. The minimum Gasteiger partial charge on any atom is -0.470 e. The first-order chi connectivity index (χ1) is 17.7. The van der Waals surface area contributed by atoms with Crippen LogP contribution in [-0.2, 0) is 6.98 Å². The van der Waals surface area contributed by atoms with E-state index in [0.717, 1.165) is 11.0 Å². The Morgan fingerprint density at radius 3 is 2.74 bits per heavy atom. The second-order valence-corrected chi connectivity index (χ2v) is 8.40. The molecule has 0 saturated carbocycles. The van der Waals surface area contributed by atoms with E-state index in [-0.39, 0.29) is 5.75 Å². The average Bonchev–Trinajstić information content (AvgIpc) is 3.46. The lowest BCUT2D eigenvalue weighted by atomic mass is 10.1. The molecule has 34 heavy (non-hydrogen) atoms. The van der Waals surface area contributed by atoms with Crippen molar-refractivity contribution in [1.82, 2.24) is 19.1 Å². The first-order valence-electron chi connectivity index (χ1n) is 11.9. The standard InChI is InChI=1S/C24H20F2N4O3S/c1-3-10-32-24-28-21-20(34-24)12-17(14-4-9-18-19(11-14)29(2)13-27-18)22(31)30(21)15-5-7-16(8-6-15)33-23(25)26/h4-9,11-13,23H,3,10H2,1-2H3/i2D3. The largest absolute Gasteiger partial charge is 0.470 e. The van der Waals surface area contributed by atoms with Gasteiger partial charge in [-0.1, -0.05) is 24.3 Å². The number of benzene rings is 2. The van der Waals surface area contributed by atoms with Crippen LogP contribution in [0, 0.1) is 0 Å². The Kier molecular flexibility index (Phi) is 4.85. The minimum absolute atomic E-state index is 0.0483. The number of thiazole rings is 1. The molecule has 0 aliphatic rings. The highest BCUT2D eigenvalue weighted by Crippen LogP contribution is 2.32. The first kappa shape index (κ1) is 18.6. The lowest BCUT2D eigenvalue weighted by Gasteiger charge is -2.11. The lowest BCUT2D eigenvalue weighted by Crippen LogP contribution is -2.20. The second kappa shape index (κ2) is 8.86. The highest BCUT2D eigenvalue weighted by atomic mass is 32.1. The predicted octanol–water partition coefficient (Wildman–Crippen LogP) is 5.39. The van der Waals surface area contributed by atoms with Gasteiger partial charge < -0.3 is 14.0 Å². The Labute approximate surface area is 201 Å². The first-order valence-corrected chi connectivity index (χ1v) is 11.2. The zero-order chi connectivity index (χ0) is 26.3. The van der Waals surface area contributed by atoms with E-state index in [1.54, 1.807) is 24.3 Å². The highest BCUT2D eigenvalue weighted by Gasteiger charge is 2.18. The van der Waals surface area contributed by atoms with E-state index in [9.17, 15) is 13.6 Å². The smallest absolute Gasteiger partial charge is 0.387 e. The molecule has 0 aliphatic heterocycles. The van der Waals surface area contributed by atoms with Gasteiger partial charge in [-0.15, -0.1) is 0 Å². The van der Waals surface area contributed by atoms with Crippen LogP contribution in [-0.4, -0.2) is 32.3 Å². The number of ether oxygens (including phenoxy) is 2. The third kappa shape index (κ3) is 4.01. The van der Waals surface area contributed by atoms with Crippen LogP contribution in [0.2, 0.25) is 0 Å². The molecular weight excluding hydrogens is 462 g/mol. The minimum atomic E-state index is -2.97. The number of hydrogen-bond donors (Lipinski definition) is 0. The maximum absolute atomic E-state index is 13.8. The Morgan fingerprint density at radius 1 is 1.18 bits per heavy atom. The summed E-state index contributed by atoms with van der Waals surface area (Å²) in [5.74, 6) is -0.0483. The maximum Gasteiger partial charge on any atom is 0.387 e. The summed E-state index contributed by atoms with van der Waals surface area (Å²) in [4.78, 5) is 22.5. The Balaban J connectivity index is 1.71. The monoisotopic (exact) mass is 485 g/mol. The summed E-state index contributed by atoms with van der Waals surface area (Å²) >= 11 is 1.26. The normalized spacial score (nSPS) is 13.2. The van der Waals surface area contributed by atoms with Crippen molar-refractivity contribution >= 4 is 32.7 Å². The molecule has 0 aliphatic carbocycles. The molecule has 0 unspecified atom stereocenters. The fourth-order valence-corrected chi connectivity index (χ4v) is 4.48. The van der Waals surface area contributed by atoms with E-state index in [1.165, 1.54) is 46.5 Å². The molecule has 0 amide bonds. The SMILES string of the molecule is [2H]C([2H])([2H])n1cnc2ccc(-c3cc4sc(OCCC)nc4n(-c4ccc(OC(F)F)cc4)c3=O)cc21. The molecule has 0 spiro atoms. The van der Waals surface area contributed by atoms with Crippen molar-refractivity contribution in [3.63, 3.8) is 0 Å². The van der Waals surface area contributed by atoms with Gasteiger partial charge in [-0.25, -0.2) is 4.98 Å². The zero-order valence-corrected chi connectivity index (χ0v) is 18.7. The van der Waals surface area contributed by atoms with Crippen LogP contribution >= 0.6 is 11.3 Å². The number of aromatic nitrogens is 4. The van der Waals surface area contributed by atoms with E-state index in [0.29, 0.717) is 50.0 Å². The van der Waals surface area contributed by atoms with Gasteiger partial charge in [-0.05, 0) is 54.4 Å². The molecule has 10 heteroatoms. The molecule has 0 fully saturated rings. The summed E-state index contributed by atoms with van der Waals surface area (Å²) < 4.78 is 61.8. The van der Waals surface area contributed by atoms with Gasteiger partial charge in [0.05, 0.1) is 34.4 Å². The third-order valence-electron chi connectivity index (χ3n) is 5.14. The Bertz CT molecular complexity index is 1650. The Morgan fingerprint density at radius 2 is 2.00 bits per heavy atom. The molecule has 3 heterocycles. The van der Waals surface area contributed by atoms with Gasteiger partial charge in [0.25, 0.3) is 10.8 Å². The zero-order valence-electron chi connectivity index (χ0n) is 20.9. The number of halogens is 2. The van der Waals surface area contributed by atoms with Gasteiger partial charge >= 0.3 is 6.61 Å².